The highest BCUT2D eigenvalue weighted by Gasteiger charge is 2.05. The summed E-state index contributed by atoms with van der Waals surface area (Å²) < 4.78 is 1.55. The number of nitrogens with zero attached hydrogens (tertiary/aromatic N) is 3. The molecule has 1 heterocycles. The van der Waals surface area contributed by atoms with Gasteiger partial charge < -0.3 is 10.2 Å². The summed E-state index contributed by atoms with van der Waals surface area (Å²) in [6.07, 6.45) is 2.71. The first-order valence-corrected chi connectivity index (χ1v) is 7.61. The van der Waals surface area contributed by atoms with Crippen LogP contribution in [0.15, 0.2) is 17.1 Å². The fourth-order valence-corrected chi connectivity index (χ4v) is 2.10. The normalized spacial score (nSPS) is 11.1. The minimum absolute atomic E-state index is 0.0155. The van der Waals surface area contributed by atoms with Crippen molar-refractivity contribution in [1.29, 1.82) is 0 Å². The Hall–Kier alpha value is -1.36. The molecule has 0 aliphatic heterocycles. The van der Waals surface area contributed by atoms with Crippen molar-refractivity contribution in [2.24, 2.45) is 5.92 Å². The molecule has 20 heavy (non-hydrogen) atoms. The molecule has 0 bridgehead atoms. The van der Waals surface area contributed by atoms with Gasteiger partial charge in [0.2, 0.25) is 0 Å². The van der Waals surface area contributed by atoms with Crippen LogP contribution in [0.1, 0.15) is 34.1 Å². The van der Waals surface area contributed by atoms with E-state index in [1.54, 1.807) is 16.9 Å². The highest BCUT2D eigenvalue weighted by Crippen LogP contribution is 2.08. The number of anilines is 1. The number of hydrogen-bond donors (Lipinski definition) is 1. The van der Waals surface area contributed by atoms with Crippen LogP contribution in [0, 0.1) is 5.92 Å². The van der Waals surface area contributed by atoms with Crippen LogP contribution in [0.5, 0.6) is 0 Å². The molecule has 0 radical (unpaired) electrons. The highest BCUT2D eigenvalue weighted by atomic mass is 16.1. The lowest BCUT2D eigenvalue weighted by Gasteiger charge is -2.20. The van der Waals surface area contributed by atoms with Gasteiger partial charge in [-0.1, -0.05) is 13.8 Å². The van der Waals surface area contributed by atoms with E-state index in [-0.39, 0.29) is 5.56 Å². The Kier molecular flexibility index (Phi) is 7.30. The molecule has 1 N–H and O–H groups in total. The molecule has 0 spiro atoms. The van der Waals surface area contributed by atoms with Gasteiger partial charge in [-0.25, -0.2) is 4.68 Å². The second-order valence-corrected chi connectivity index (χ2v) is 5.40. The molecule has 1 aromatic rings. The summed E-state index contributed by atoms with van der Waals surface area (Å²) in [5.74, 6) is 0.657. The maximum Gasteiger partial charge on any atom is 0.268 e. The lowest BCUT2D eigenvalue weighted by molar-refractivity contribution is 0.495. The number of aromatic nitrogens is 2. The van der Waals surface area contributed by atoms with Gasteiger partial charge in [-0.05, 0) is 39.3 Å². The van der Waals surface area contributed by atoms with Crippen molar-refractivity contribution in [3.05, 3.63) is 22.6 Å². The third-order valence-corrected chi connectivity index (χ3v) is 3.26. The number of nitrogens with one attached hydrogen (secondary N) is 1. The van der Waals surface area contributed by atoms with Crippen LogP contribution in [0.3, 0.4) is 0 Å². The van der Waals surface area contributed by atoms with E-state index < -0.39 is 0 Å². The van der Waals surface area contributed by atoms with E-state index in [9.17, 15) is 4.79 Å². The number of aryl methyl sites for hydroxylation is 1. The molecule has 114 valence electrons. The first kappa shape index (κ1) is 16.7. The van der Waals surface area contributed by atoms with Crippen LogP contribution in [0.4, 0.5) is 5.69 Å². The van der Waals surface area contributed by atoms with E-state index in [2.05, 4.69) is 43.0 Å². The van der Waals surface area contributed by atoms with Crippen molar-refractivity contribution in [2.75, 3.05) is 31.1 Å². The van der Waals surface area contributed by atoms with Crippen LogP contribution in [0.2, 0.25) is 0 Å². The van der Waals surface area contributed by atoms with Crippen LogP contribution in [-0.4, -0.2) is 36.0 Å². The summed E-state index contributed by atoms with van der Waals surface area (Å²) in [6, 6.07) is 1.68. The van der Waals surface area contributed by atoms with Gasteiger partial charge in [0.05, 0.1) is 11.9 Å². The van der Waals surface area contributed by atoms with Crippen LogP contribution in [-0.2, 0) is 6.54 Å². The van der Waals surface area contributed by atoms with E-state index in [4.69, 9.17) is 0 Å². The van der Waals surface area contributed by atoms with Gasteiger partial charge in [-0.3, -0.25) is 4.79 Å². The van der Waals surface area contributed by atoms with Gasteiger partial charge in [0.1, 0.15) is 0 Å². The SMILES string of the molecule is CCN(CC)c1cnn(CCCNCC(C)C)c(=O)c1. The van der Waals surface area contributed by atoms with Crippen LogP contribution >= 0.6 is 0 Å². The lowest BCUT2D eigenvalue weighted by Crippen LogP contribution is -2.29. The van der Waals surface area contributed by atoms with E-state index in [0.717, 1.165) is 38.3 Å². The second kappa shape index (κ2) is 8.74. The molecule has 0 saturated carbocycles. The predicted octanol–water partition coefficient (Wildman–Crippen LogP) is 1.73. The minimum atomic E-state index is -0.0155. The maximum atomic E-state index is 12.0. The number of hydrogen-bond acceptors (Lipinski definition) is 4. The van der Waals surface area contributed by atoms with Crippen molar-refractivity contribution in [3.8, 4) is 0 Å². The Labute approximate surface area is 122 Å². The summed E-state index contributed by atoms with van der Waals surface area (Å²) in [7, 11) is 0. The van der Waals surface area contributed by atoms with E-state index in [1.165, 1.54) is 0 Å². The molecular formula is C15H28N4O. The Balaban J connectivity index is 2.50. The molecule has 5 heteroatoms. The fourth-order valence-electron chi connectivity index (χ4n) is 2.10. The summed E-state index contributed by atoms with van der Waals surface area (Å²) in [5, 5.41) is 7.63. The average Bonchev–Trinajstić information content (AvgIpc) is 2.41. The number of rotatable bonds is 9. The van der Waals surface area contributed by atoms with Gasteiger partial charge in [0, 0.05) is 25.7 Å². The predicted molar refractivity (Wildman–Crippen MR) is 84.4 cm³/mol. The Morgan fingerprint density at radius 3 is 2.60 bits per heavy atom. The quantitative estimate of drug-likeness (QED) is 0.700. The fraction of sp³-hybridized carbons (Fsp3) is 0.733. The Morgan fingerprint density at radius 2 is 2.05 bits per heavy atom. The standard InChI is InChI=1S/C15H28N4O/c1-5-18(6-2)14-10-15(20)19(17-12-14)9-7-8-16-11-13(3)4/h10,12-13,16H,5-9,11H2,1-4H3. The van der Waals surface area contributed by atoms with Crippen molar-refractivity contribution in [2.45, 2.75) is 40.7 Å². The third kappa shape index (κ3) is 5.33. The molecule has 0 aliphatic carbocycles. The van der Waals surface area contributed by atoms with E-state index in [1.807, 2.05) is 0 Å². The molecular weight excluding hydrogens is 252 g/mol. The first-order valence-electron chi connectivity index (χ1n) is 7.61. The molecule has 0 aromatic carbocycles. The summed E-state index contributed by atoms with van der Waals surface area (Å²) in [6.45, 7) is 12.9. The first-order chi connectivity index (χ1) is 9.58. The smallest absolute Gasteiger partial charge is 0.268 e. The van der Waals surface area contributed by atoms with Crippen molar-refractivity contribution < 1.29 is 0 Å². The summed E-state index contributed by atoms with van der Waals surface area (Å²) >= 11 is 0. The minimum Gasteiger partial charge on any atom is -0.371 e. The zero-order valence-corrected chi connectivity index (χ0v) is 13.2. The second-order valence-electron chi connectivity index (χ2n) is 5.40. The Bertz CT molecular complexity index is 438. The van der Waals surface area contributed by atoms with Gasteiger partial charge in [0.25, 0.3) is 5.56 Å². The highest BCUT2D eigenvalue weighted by molar-refractivity contribution is 5.42. The van der Waals surface area contributed by atoms with Crippen molar-refractivity contribution >= 4 is 5.69 Å². The summed E-state index contributed by atoms with van der Waals surface area (Å²) in [5.41, 5.74) is 0.896. The molecule has 0 amide bonds. The largest absolute Gasteiger partial charge is 0.371 e. The Morgan fingerprint density at radius 1 is 1.35 bits per heavy atom. The molecule has 0 aliphatic rings. The molecule has 1 aromatic heterocycles. The average molecular weight is 280 g/mol. The van der Waals surface area contributed by atoms with Gasteiger partial charge in [0.15, 0.2) is 0 Å². The molecule has 0 atom stereocenters. The van der Waals surface area contributed by atoms with Gasteiger partial charge in [-0.15, -0.1) is 0 Å². The molecule has 0 unspecified atom stereocenters. The molecule has 0 saturated heterocycles. The van der Waals surface area contributed by atoms with Crippen molar-refractivity contribution in [1.82, 2.24) is 15.1 Å². The molecule has 0 fully saturated rings. The third-order valence-electron chi connectivity index (χ3n) is 3.26. The monoisotopic (exact) mass is 280 g/mol. The van der Waals surface area contributed by atoms with Crippen LogP contribution in [0.25, 0.3) is 0 Å². The van der Waals surface area contributed by atoms with Gasteiger partial charge >= 0.3 is 0 Å². The van der Waals surface area contributed by atoms with Crippen LogP contribution < -0.4 is 15.8 Å². The molecule has 5 nitrogen and oxygen atoms in total. The lowest BCUT2D eigenvalue weighted by atomic mass is 10.2. The van der Waals surface area contributed by atoms with Crippen molar-refractivity contribution in [3.63, 3.8) is 0 Å². The molecule has 1 rings (SSSR count). The van der Waals surface area contributed by atoms with E-state index in [0.29, 0.717) is 12.5 Å². The zero-order valence-electron chi connectivity index (χ0n) is 13.2. The zero-order chi connectivity index (χ0) is 15.0. The topological polar surface area (TPSA) is 50.2 Å². The maximum absolute atomic E-state index is 12.0. The van der Waals surface area contributed by atoms with Gasteiger partial charge in [-0.2, -0.15) is 5.10 Å². The van der Waals surface area contributed by atoms with E-state index >= 15 is 0 Å². The summed E-state index contributed by atoms with van der Waals surface area (Å²) in [4.78, 5) is 14.1.